The van der Waals surface area contributed by atoms with Gasteiger partial charge in [0.25, 0.3) is 6.01 Å². The minimum absolute atomic E-state index is 0.317. The van der Waals surface area contributed by atoms with Crippen molar-refractivity contribution >= 4 is 6.01 Å². The molecule has 0 aliphatic carbocycles. The molecule has 84 valence electrons. The van der Waals surface area contributed by atoms with Gasteiger partial charge in [0.15, 0.2) is 0 Å². The van der Waals surface area contributed by atoms with Crippen molar-refractivity contribution in [1.29, 1.82) is 0 Å². The molecule has 2 rings (SSSR count). The molecule has 0 atom stereocenters. The largest absolute Gasteiger partial charge is 0.429 e. The smallest absolute Gasteiger partial charge is 0.292 e. The SMILES string of the molecule is CC(C)CN1CCc2nc(N)oc2CC1. The van der Waals surface area contributed by atoms with E-state index in [1.165, 1.54) is 0 Å². The summed E-state index contributed by atoms with van der Waals surface area (Å²) in [5.41, 5.74) is 6.59. The molecule has 1 aliphatic heterocycles. The number of nitrogens with zero attached hydrogens (tertiary/aromatic N) is 2. The fourth-order valence-electron chi connectivity index (χ4n) is 2.13. The van der Waals surface area contributed by atoms with Crippen LogP contribution in [0.5, 0.6) is 0 Å². The summed E-state index contributed by atoms with van der Waals surface area (Å²) >= 11 is 0. The van der Waals surface area contributed by atoms with Crippen molar-refractivity contribution < 1.29 is 4.42 Å². The Morgan fingerprint density at radius 3 is 2.87 bits per heavy atom. The Labute approximate surface area is 90.5 Å². The first-order valence-electron chi connectivity index (χ1n) is 5.61. The fraction of sp³-hybridized carbons (Fsp3) is 0.727. The minimum atomic E-state index is 0.317. The summed E-state index contributed by atoms with van der Waals surface area (Å²) < 4.78 is 5.38. The van der Waals surface area contributed by atoms with Crippen molar-refractivity contribution in [3.8, 4) is 0 Å². The Bertz CT molecular complexity index is 307. The normalized spacial score (nSPS) is 17.8. The van der Waals surface area contributed by atoms with Crippen molar-refractivity contribution in [3.05, 3.63) is 11.5 Å². The third-order valence-corrected chi connectivity index (χ3v) is 2.74. The molecule has 1 aliphatic rings. The zero-order valence-electron chi connectivity index (χ0n) is 9.49. The van der Waals surface area contributed by atoms with Crippen LogP contribution < -0.4 is 5.73 Å². The van der Waals surface area contributed by atoms with Crippen LogP contribution in [0.2, 0.25) is 0 Å². The second-order valence-electron chi connectivity index (χ2n) is 4.62. The molecule has 15 heavy (non-hydrogen) atoms. The van der Waals surface area contributed by atoms with Gasteiger partial charge in [-0.2, -0.15) is 4.98 Å². The number of nitrogen functional groups attached to an aromatic ring is 1. The van der Waals surface area contributed by atoms with Crippen LogP contribution >= 0.6 is 0 Å². The molecular formula is C11H19N3O. The average molecular weight is 209 g/mol. The van der Waals surface area contributed by atoms with E-state index in [4.69, 9.17) is 10.2 Å². The van der Waals surface area contributed by atoms with Crippen molar-refractivity contribution in [2.75, 3.05) is 25.4 Å². The Morgan fingerprint density at radius 1 is 1.40 bits per heavy atom. The molecule has 1 aromatic rings. The molecule has 0 radical (unpaired) electrons. The highest BCUT2D eigenvalue weighted by Crippen LogP contribution is 2.18. The Balaban J connectivity index is 2.00. The van der Waals surface area contributed by atoms with E-state index in [0.29, 0.717) is 11.9 Å². The number of aromatic nitrogens is 1. The number of fused-ring (bicyclic) bond motifs is 1. The monoisotopic (exact) mass is 209 g/mol. The predicted molar refractivity (Wildman–Crippen MR) is 59.6 cm³/mol. The molecule has 2 heterocycles. The molecule has 1 aromatic heterocycles. The van der Waals surface area contributed by atoms with E-state index < -0.39 is 0 Å². The van der Waals surface area contributed by atoms with Gasteiger partial charge in [-0.1, -0.05) is 13.8 Å². The standard InChI is InChI=1S/C11H19N3O/c1-8(2)7-14-5-3-9-10(4-6-14)15-11(12)13-9/h8H,3-7H2,1-2H3,(H2,12,13). The van der Waals surface area contributed by atoms with Gasteiger partial charge in [0.1, 0.15) is 5.76 Å². The van der Waals surface area contributed by atoms with E-state index in [1.807, 2.05) is 0 Å². The van der Waals surface area contributed by atoms with Crippen LogP contribution in [0.15, 0.2) is 4.42 Å². The van der Waals surface area contributed by atoms with Crippen LogP contribution in [0.4, 0.5) is 6.01 Å². The van der Waals surface area contributed by atoms with Gasteiger partial charge in [-0.3, -0.25) is 0 Å². The molecule has 4 heteroatoms. The molecule has 0 saturated carbocycles. The van der Waals surface area contributed by atoms with Crippen molar-refractivity contribution in [2.45, 2.75) is 26.7 Å². The minimum Gasteiger partial charge on any atom is -0.429 e. The lowest BCUT2D eigenvalue weighted by Crippen LogP contribution is -2.30. The topological polar surface area (TPSA) is 55.3 Å². The molecule has 2 N–H and O–H groups in total. The number of anilines is 1. The summed E-state index contributed by atoms with van der Waals surface area (Å²) in [6, 6.07) is 0.317. The van der Waals surface area contributed by atoms with Gasteiger partial charge >= 0.3 is 0 Å². The number of hydrogen-bond acceptors (Lipinski definition) is 4. The van der Waals surface area contributed by atoms with E-state index in [9.17, 15) is 0 Å². The summed E-state index contributed by atoms with van der Waals surface area (Å²) in [5, 5.41) is 0. The summed E-state index contributed by atoms with van der Waals surface area (Å²) in [7, 11) is 0. The van der Waals surface area contributed by atoms with Gasteiger partial charge in [0, 0.05) is 32.5 Å². The number of oxazole rings is 1. The zero-order valence-corrected chi connectivity index (χ0v) is 9.49. The van der Waals surface area contributed by atoms with Gasteiger partial charge in [0.05, 0.1) is 5.69 Å². The van der Waals surface area contributed by atoms with Crippen LogP contribution in [0.1, 0.15) is 25.3 Å². The lowest BCUT2D eigenvalue weighted by Gasteiger charge is -2.21. The van der Waals surface area contributed by atoms with Gasteiger partial charge in [0.2, 0.25) is 0 Å². The van der Waals surface area contributed by atoms with Gasteiger partial charge in [-0.25, -0.2) is 0 Å². The zero-order chi connectivity index (χ0) is 10.8. The second kappa shape index (κ2) is 4.23. The summed E-state index contributed by atoms with van der Waals surface area (Å²) in [6.07, 6.45) is 1.90. The quantitative estimate of drug-likeness (QED) is 0.798. The van der Waals surface area contributed by atoms with E-state index in [2.05, 4.69) is 23.7 Å². The van der Waals surface area contributed by atoms with Gasteiger partial charge in [-0.05, 0) is 5.92 Å². The maximum absolute atomic E-state index is 5.53. The third kappa shape index (κ3) is 2.50. The van der Waals surface area contributed by atoms with Crippen LogP contribution in [-0.2, 0) is 12.8 Å². The van der Waals surface area contributed by atoms with Crippen LogP contribution in [0.3, 0.4) is 0 Å². The summed E-state index contributed by atoms with van der Waals surface area (Å²) in [4.78, 5) is 6.68. The van der Waals surface area contributed by atoms with E-state index in [0.717, 1.165) is 43.9 Å². The number of hydrogen-bond donors (Lipinski definition) is 1. The molecule has 0 aromatic carbocycles. The van der Waals surface area contributed by atoms with Crippen LogP contribution in [0, 0.1) is 5.92 Å². The van der Waals surface area contributed by atoms with Crippen molar-refractivity contribution in [1.82, 2.24) is 9.88 Å². The number of nitrogens with two attached hydrogens (primary N) is 1. The van der Waals surface area contributed by atoms with E-state index >= 15 is 0 Å². The molecule has 0 spiro atoms. The lowest BCUT2D eigenvalue weighted by molar-refractivity contribution is 0.252. The van der Waals surface area contributed by atoms with Gasteiger partial charge < -0.3 is 15.1 Å². The molecule has 0 unspecified atom stereocenters. The average Bonchev–Trinajstić information content (AvgIpc) is 2.41. The van der Waals surface area contributed by atoms with E-state index in [1.54, 1.807) is 0 Å². The first-order valence-corrected chi connectivity index (χ1v) is 5.61. The molecule has 0 fully saturated rings. The summed E-state index contributed by atoms with van der Waals surface area (Å²) in [6.45, 7) is 7.77. The molecule has 0 bridgehead atoms. The molecule has 4 nitrogen and oxygen atoms in total. The van der Waals surface area contributed by atoms with E-state index in [-0.39, 0.29) is 0 Å². The number of rotatable bonds is 2. The first-order chi connectivity index (χ1) is 7.15. The molecular weight excluding hydrogens is 190 g/mol. The maximum atomic E-state index is 5.53. The summed E-state index contributed by atoms with van der Waals surface area (Å²) in [5.74, 6) is 1.70. The Hall–Kier alpha value is -1.03. The molecule has 0 saturated heterocycles. The predicted octanol–water partition coefficient (Wildman–Crippen LogP) is 1.31. The van der Waals surface area contributed by atoms with Crippen molar-refractivity contribution in [2.24, 2.45) is 5.92 Å². The van der Waals surface area contributed by atoms with Gasteiger partial charge in [-0.15, -0.1) is 0 Å². The van der Waals surface area contributed by atoms with Crippen LogP contribution in [-0.4, -0.2) is 29.5 Å². The Morgan fingerprint density at radius 2 is 2.13 bits per heavy atom. The van der Waals surface area contributed by atoms with Crippen molar-refractivity contribution in [3.63, 3.8) is 0 Å². The highest BCUT2D eigenvalue weighted by molar-refractivity contribution is 5.21. The Kier molecular flexibility index (Phi) is 2.95. The maximum Gasteiger partial charge on any atom is 0.292 e. The van der Waals surface area contributed by atoms with Crippen LogP contribution in [0.25, 0.3) is 0 Å². The highest BCUT2D eigenvalue weighted by atomic mass is 16.4. The second-order valence-corrected chi connectivity index (χ2v) is 4.62. The lowest BCUT2D eigenvalue weighted by atomic mass is 10.2. The third-order valence-electron chi connectivity index (χ3n) is 2.74. The first kappa shape index (κ1) is 10.5. The molecule has 0 amide bonds. The fourth-order valence-corrected chi connectivity index (χ4v) is 2.13. The highest BCUT2D eigenvalue weighted by Gasteiger charge is 2.19.